The summed E-state index contributed by atoms with van der Waals surface area (Å²) in [6.45, 7) is 2.10. The molecule has 0 saturated heterocycles. The fourth-order valence-corrected chi connectivity index (χ4v) is 1.92. The summed E-state index contributed by atoms with van der Waals surface area (Å²) in [6.07, 6.45) is 2.67. The van der Waals surface area contributed by atoms with Gasteiger partial charge in [0, 0.05) is 13.2 Å². The number of nitrogens with zero attached hydrogens (tertiary/aromatic N) is 3. The number of imidazole rings is 1. The molecule has 4 nitrogen and oxygen atoms in total. The molecule has 1 aromatic carbocycles. The summed E-state index contributed by atoms with van der Waals surface area (Å²) in [5.41, 5.74) is 2.55. The minimum absolute atomic E-state index is 0.413. The quantitative estimate of drug-likeness (QED) is 0.829. The van der Waals surface area contributed by atoms with Gasteiger partial charge in [0.05, 0.1) is 12.7 Å². The third-order valence-corrected chi connectivity index (χ3v) is 2.90. The standard InChI is InChI=1S/C14H15N3O/c1-4-10-5-6-13(18-3)12(7-10)14-16-11(8-15)9-17(14)2/h5-7,9H,4H2,1-3H3. The first-order valence-electron chi connectivity index (χ1n) is 5.80. The first kappa shape index (κ1) is 12.2. The molecule has 1 aromatic heterocycles. The molecule has 0 bridgehead atoms. The summed E-state index contributed by atoms with van der Waals surface area (Å²) in [6, 6.07) is 8.09. The van der Waals surface area contributed by atoms with Gasteiger partial charge >= 0.3 is 0 Å². The van der Waals surface area contributed by atoms with Crippen molar-refractivity contribution in [2.75, 3.05) is 7.11 Å². The number of benzene rings is 1. The van der Waals surface area contributed by atoms with Gasteiger partial charge in [-0.15, -0.1) is 0 Å². The molecule has 0 unspecified atom stereocenters. The molecule has 18 heavy (non-hydrogen) atoms. The maximum Gasteiger partial charge on any atom is 0.159 e. The van der Waals surface area contributed by atoms with Crippen molar-refractivity contribution in [3.8, 4) is 23.2 Å². The summed E-state index contributed by atoms with van der Waals surface area (Å²) in [5.74, 6) is 1.52. The molecule has 0 radical (unpaired) electrons. The van der Waals surface area contributed by atoms with Crippen molar-refractivity contribution in [2.45, 2.75) is 13.3 Å². The summed E-state index contributed by atoms with van der Waals surface area (Å²) in [7, 11) is 3.51. The van der Waals surface area contributed by atoms with Crippen molar-refractivity contribution in [3.05, 3.63) is 35.7 Å². The Kier molecular flexibility index (Phi) is 3.33. The second-order valence-corrected chi connectivity index (χ2v) is 4.06. The number of methoxy groups -OCH3 is 1. The number of ether oxygens (including phenoxy) is 1. The molecule has 0 aliphatic rings. The second kappa shape index (κ2) is 4.92. The highest BCUT2D eigenvalue weighted by Crippen LogP contribution is 2.30. The van der Waals surface area contributed by atoms with Gasteiger partial charge in [-0.3, -0.25) is 0 Å². The second-order valence-electron chi connectivity index (χ2n) is 4.06. The molecule has 0 N–H and O–H groups in total. The van der Waals surface area contributed by atoms with E-state index in [0.29, 0.717) is 5.69 Å². The van der Waals surface area contributed by atoms with E-state index in [4.69, 9.17) is 10.00 Å². The van der Waals surface area contributed by atoms with Crippen LogP contribution in [-0.4, -0.2) is 16.7 Å². The van der Waals surface area contributed by atoms with Gasteiger partial charge in [-0.25, -0.2) is 4.98 Å². The van der Waals surface area contributed by atoms with Crippen molar-refractivity contribution in [3.63, 3.8) is 0 Å². The zero-order valence-electron chi connectivity index (χ0n) is 10.8. The average molecular weight is 241 g/mol. The van der Waals surface area contributed by atoms with Gasteiger partial charge in [-0.1, -0.05) is 13.0 Å². The highest BCUT2D eigenvalue weighted by molar-refractivity contribution is 5.66. The van der Waals surface area contributed by atoms with Gasteiger partial charge in [-0.05, 0) is 24.1 Å². The minimum Gasteiger partial charge on any atom is -0.496 e. The fraction of sp³-hybridized carbons (Fsp3) is 0.286. The molecule has 0 fully saturated rings. The van der Waals surface area contributed by atoms with Gasteiger partial charge in [0.25, 0.3) is 0 Å². The number of hydrogen-bond acceptors (Lipinski definition) is 3. The lowest BCUT2D eigenvalue weighted by Gasteiger charge is -2.09. The molecular formula is C14H15N3O. The van der Waals surface area contributed by atoms with E-state index in [2.05, 4.69) is 24.0 Å². The third-order valence-electron chi connectivity index (χ3n) is 2.90. The van der Waals surface area contributed by atoms with Crippen molar-refractivity contribution < 1.29 is 4.74 Å². The zero-order valence-corrected chi connectivity index (χ0v) is 10.8. The largest absolute Gasteiger partial charge is 0.496 e. The van der Waals surface area contributed by atoms with E-state index in [1.807, 2.05) is 23.7 Å². The molecule has 0 aliphatic heterocycles. The van der Waals surface area contributed by atoms with Crippen LogP contribution in [0, 0.1) is 11.3 Å². The van der Waals surface area contributed by atoms with Crippen LogP contribution in [-0.2, 0) is 13.5 Å². The molecule has 2 aromatic rings. The van der Waals surface area contributed by atoms with Crippen molar-refractivity contribution in [1.82, 2.24) is 9.55 Å². The monoisotopic (exact) mass is 241 g/mol. The first-order valence-corrected chi connectivity index (χ1v) is 5.80. The minimum atomic E-state index is 0.413. The Bertz CT molecular complexity index is 608. The summed E-state index contributed by atoms with van der Waals surface area (Å²) >= 11 is 0. The SMILES string of the molecule is CCc1ccc(OC)c(-c2nc(C#N)cn2C)c1. The van der Waals surface area contributed by atoms with Crippen LogP contribution in [0.1, 0.15) is 18.2 Å². The Morgan fingerprint density at radius 2 is 2.22 bits per heavy atom. The molecule has 92 valence electrons. The molecule has 4 heteroatoms. The lowest BCUT2D eigenvalue weighted by Crippen LogP contribution is -1.96. The van der Waals surface area contributed by atoms with Crippen LogP contribution in [0.15, 0.2) is 24.4 Å². The van der Waals surface area contributed by atoms with Gasteiger partial charge < -0.3 is 9.30 Å². The maximum absolute atomic E-state index is 8.89. The number of nitriles is 1. The maximum atomic E-state index is 8.89. The van der Waals surface area contributed by atoms with E-state index < -0.39 is 0 Å². The topological polar surface area (TPSA) is 50.8 Å². The predicted octanol–water partition coefficient (Wildman–Crippen LogP) is 2.53. The van der Waals surface area contributed by atoms with Crippen LogP contribution in [0.3, 0.4) is 0 Å². The summed E-state index contributed by atoms with van der Waals surface area (Å²) < 4.78 is 7.20. The molecule has 2 rings (SSSR count). The van der Waals surface area contributed by atoms with Gasteiger partial charge in [0.15, 0.2) is 5.69 Å². The zero-order chi connectivity index (χ0) is 13.1. The average Bonchev–Trinajstić information content (AvgIpc) is 2.79. The number of aryl methyl sites for hydroxylation is 2. The lowest BCUT2D eigenvalue weighted by molar-refractivity contribution is 0.416. The van der Waals surface area contributed by atoms with Crippen molar-refractivity contribution in [2.24, 2.45) is 7.05 Å². The molecular weight excluding hydrogens is 226 g/mol. The Morgan fingerprint density at radius 3 is 2.78 bits per heavy atom. The van der Waals surface area contributed by atoms with E-state index in [1.54, 1.807) is 13.3 Å². The Labute approximate surface area is 106 Å². The fourth-order valence-electron chi connectivity index (χ4n) is 1.92. The normalized spacial score (nSPS) is 10.1. The molecule has 0 saturated carbocycles. The smallest absolute Gasteiger partial charge is 0.159 e. The highest BCUT2D eigenvalue weighted by atomic mass is 16.5. The van der Waals surface area contributed by atoms with Gasteiger partial charge in [-0.2, -0.15) is 5.26 Å². The molecule has 0 atom stereocenters. The van der Waals surface area contributed by atoms with Crippen LogP contribution >= 0.6 is 0 Å². The van der Waals surface area contributed by atoms with Crippen molar-refractivity contribution >= 4 is 0 Å². The Hall–Kier alpha value is -2.28. The number of rotatable bonds is 3. The molecule has 0 aliphatic carbocycles. The summed E-state index contributed by atoms with van der Waals surface area (Å²) in [5, 5.41) is 8.89. The highest BCUT2D eigenvalue weighted by Gasteiger charge is 2.13. The molecule has 1 heterocycles. The Morgan fingerprint density at radius 1 is 1.44 bits per heavy atom. The number of aromatic nitrogens is 2. The molecule has 0 spiro atoms. The predicted molar refractivity (Wildman–Crippen MR) is 69.3 cm³/mol. The van der Waals surface area contributed by atoms with Crippen LogP contribution in [0.4, 0.5) is 0 Å². The summed E-state index contributed by atoms with van der Waals surface area (Å²) in [4.78, 5) is 4.30. The van der Waals surface area contributed by atoms with E-state index in [0.717, 1.165) is 23.6 Å². The Balaban J connectivity index is 2.61. The van der Waals surface area contributed by atoms with Crippen LogP contribution in [0.2, 0.25) is 0 Å². The number of hydrogen-bond donors (Lipinski definition) is 0. The van der Waals surface area contributed by atoms with Gasteiger partial charge in [0.1, 0.15) is 17.6 Å². The van der Waals surface area contributed by atoms with Crippen LogP contribution < -0.4 is 4.74 Å². The van der Waals surface area contributed by atoms with Crippen LogP contribution in [0.25, 0.3) is 11.4 Å². The van der Waals surface area contributed by atoms with Crippen LogP contribution in [0.5, 0.6) is 5.75 Å². The molecule has 0 amide bonds. The lowest BCUT2D eigenvalue weighted by atomic mass is 10.1. The van der Waals surface area contributed by atoms with E-state index in [9.17, 15) is 0 Å². The van der Waals surface area contributed by atoms with E-state index >= 15 is 0 Å². The van der Waals surface area contributed by atoms with E-state index in [1.165, 1.54) is 5.56 Å². The third kappa shape index (κ3) is 2.07. The van der Waals surface area contributed by atoms with Gasteiger partial charge in [0.2, 0.25) is 0 Å². The van der Waals surface area contributed by atoms with E-state index in [-0.39, 0.29) is 0 Å². The first-order chi connectivity index (χ1) is 8.69. The van der Waals surface area contributed by atoms with Crippen molar-refractivity contribution in [1.29, 1.82) is 5.26 Å².